The van der Waals surface area contributed by atoms with Crippen LogP contribution in [0.5, 0.6) is 5.75 Å². The van der Waals surface area contributed by atoms with Crippen molar-refractivity contribution in [3.05, 3.63) is 45.1 Å². The molecule has 1 aromatic carbocycles. The fraction of sp³-hybridized carbons (Fsp3) is 0.333. The molecular weight excluding hydrogens is 342 g/mol. The van der Waals surface area contributed by atoms with E-state index in [1.807, 2.05) is 13.0 Å². The van der Waals surface area contributed by atoms with E-state index in [0.29, 0.717) is 28.9 Å². The van der Waals surface area contributed by atoms with Crippen LogP contribution in [-0.2, 0) is 23.0 Å². The van der Waals surface area contributed by atoms with Crippen molar-refractivity contribution >= 4 is 33.0 Å². The number of fused-ring (bicyclic) bond motifs is 1. The number of nitrogens with zero attached hydrogens (tertiary/aromatic N) is 1. The third-order valence-corrected chi connectivity index (χ3v) is 6.75. The van der Waals surface area contributed by atoms with Crippen molar-refractivity contribution in [3.63, 3.8) is 0 Å². The Labute approximate surface area is 139 Å². The Bertz CT molecular complexity index is 786. The average Bonchev–Trinajstić information content (AvgIpc) is 3.12. The maximum Gasteiger partial charge on any atom is 0.243 e. The minimum absolute atomic E-state index is 0.321. The molecule has 0 atom stereocenters. The molecule has 4 nitrogen and oxygen atoms in total. The topological polar surface area (TPSA) is 46.6 Å². The lowest BCUT2D eigenvalue weighted by Crippen LogP contribution is -2.30. The molecule has 0 saturated carbocycles. The van der Waals surface area contributed by atoms with Crippen LogP contribution in [-0.4, -0.2) is 25.9 Å². The van der Waals surface area contributed by atoms with Gasteiger partial charge in [0.25, 0.3) is 0 Å². The van der Waals surface area contributed by atoms with E-state index < -0.39 is 10.0 Å². The number of hydrogen-bond donors (Lipinski definition) is 0. The molecule has 2 aromatic rings. The number of sulfonamides is 1. The minimum atomic E-state index is -3.52. The molecule has 1 aromatic heterocycles. The minimum Gasteiger partial charge on any atom is -0.493 e. The molecule has 118 valence electrons. The molecule has 0 aliphatic carbocycles. The van der Waals surface area contributed by atoms with E-state index in [9.17, 15) is 8.42 Å². The highest BCUT2D eigenvalue weighted by atomic mass is 35.5. The molecule has 0 saturated heterocycles. The van der Waals surface area contributed by atoms with Gasteiger partial charge in [-0.05, 0) is 35.9 Å². The molecule has 0 fully saturated rings. The molecule has 0 bridgehead atoms. The molecule has 0 unspecified atom stereocenters. The average molecular weight is 358 g/mol. The van der Waals surface area contributed by atoms with Gasteiger partial charge in [-0.15, -0.1) is 11.3 Å². The van der Waals surface area contributed by atoms with Gasteiger partial charge in [-0.3, -0.25) is 0 Å². The van der Waals surface area contributed by atoms with E-state index in [1.54, 1.807) is 24.3 Å². The number of ether oxygens (including phenoxy) is 1. The van der Waals surface area contributed by atoms with Gasteiger partial charge in [-0.1, -0.05) is 18.5 Å². The Morgan fingerprint density at radius 1 is 1.32 bits per heavy atom. The van der Waals surface area contributed by atoms with Crippen LogP contribution in [0.3, 0.4) is 0 Å². The highest BCUT2D eigenvalue weighted by Crippen LogP contribution is 2.30. The van der Waals surface area contributed by atoms with Crippen molar-refractivity contribution < 1.29 is 13.2 Å². The van der Waals surface area contributed by atoms with Crippen LogP contribution in [0.15, 0.2) is 35.2 Å². The van der Waals surface area contributed by atoms with Gasteiger partial charge in [-0.25, -0.2) is 8.42 Å². The second-order valence-electron chi connectivity index (χ2n) is 5.01. The number of rotatable bonds is 5. The normalized spacial score (nSPS) is 14.1. The lowest BCUT2D eigenvalue weighted by atomic mass is 10.2. The summed E-state index contributed by atoms with van der Waals surface area (Å²) in [7, 11) is -3.52. The van der Waals surface area contributed by atoms with Crippen LogP contribution < -0.4 is 4.74 Å². The van der Waals surface area contributed by atoms with Crippen molar-refractivity contribution in [1.82, 2.24) is 4.31 Å². The molecule has 0 N–H and O–H groups in total. The third kappa shape index (κ3) is 3.01. The molecule has 0 radical (unpaired) electrons. The van der Waals surface area contributed by atoms with Gasteiger partial charge in [0.1, 0.15) is 5.75 Å². The molecule has 7 heteroatoms. The summed E-state index contributed by atoms with van der Waals surface area (Å²) in [5, 5.41) is 0. The quantitative estimate of drug-likeness (QED) is 0.822. The van der Waals surface area contributed by atoms with Crippen LogP contribution in [0.1, 0.15) is 17.4 Å². The predicted octanol–water partition coefficient (Wildman–Crippen LogP) is 3.55. The van der Waals surface area contributed by atoms with Crippen molar-refractivity contribution in [2.75, 3.05) is 13.2 Å². The molecule has 0 spiro atoms. The Morgan fingerprint density at radius 3 is 2.82 bits per heavy atom. The zero-order valence-electron chi connectivity index (χ0n) is 12.1. The van der Waals surface area contributed by atoms with E-state index in [2.05, 4.69) is 0 Å². The molecule has 1 aliphatic heterocycles. The van der Waals surface area contributed by atoms with Gasteiger partial charge in [0.15, 0.2) is 0 Å². The van der Waals surface area contributed by atoms with Gasteiger partial charge in [0.2, 0.25) is 10.0 Å². The summed E-state index contributed by atoms with van der Waals surface area (Å²) >= 11 is 7.32. The SMILES string of the molecule is CCN(Cc1ccc(Cl)s1)S(=O)(=O)c1ccc2c(c1)CCO2. The smallest absolute Gasteiger partial charge is 0.243 e. The summed E-state index contributed by atoms with van der Waals surface area (Å²) in [6.07, 6.45) is 0.755. The predicted molar refractivity (Wildman–Crippen MR) is 88.2 cm³/mol. The summed E-state index contributed by atoms with van der Waals surface area (Å²) in [6.45, 7) is 3.20. The Kier molecular flexibility index (Phi) is 4.45. The van der Waals surface area contributed by atoms with E-state index in [0.717, 1.165) is 22.6 Å². The zero-order valence-corrected chi connectivity index (χ0v) is 14.5. The Hall–Kier alpha value is -1.08. The first kappa shape index (κ1) is 15.8. The second kappa shape index (κ2) is 6.20. The maximum atomic E-state index is 12.8. The van der Waals surface area contributed by atoms with Crippen molar-refractivity contribution in [3.8, 4) is 5.75 Å². The molecular formula is C15H16ClNO3S2. The number of benzene rings is 1. The van der Waals surface area contributed by atoms with Crippen LogP contribution in [0.2, 0.25) is 4.34 Å². The van der Waals surface area contributed by atoms with Crippen LogP contribution in [0.4, 0.5) is 0 Å². The van der Waals surface area contributed by atoms with E-state index in [4.69, 9.17) is 16.3 Å². The van der Waals surface area contributed by atoms with Gasteiger partial charge in [0, 0.05) is 24.4 Å². The second-order valence-corrected chi connectivity index (χ2v) is 8.74. The molecule has 2 heterocycles. The lowest BCUT2D eigenvalue weighted by molar-refractivity contribution is 0.356. The molecule has 22 heavy (non-hydrogen) atoms. The highest BCUT2D eigenvalue weighted by molar-refractivity contribution is 7.89. The summed E-state index contributed by atoms with van der Waals surface area (Å²) in [5.74, 6) is 0.784. The Balaban J connectivity index is 1.89. The lowest BCUT2D eigenvalue weighted by Gasteiger charge is -2.20. The summed E-state index contributed by atoms with van der Waals surface area (Å²) in [4.78, 5) is 1.25. The number of thiophene rings is 1. The van der Waals surface area contributed by atoms with Crippen LogP contribution >= 0.6 is 22.9 Å². The summed E-state index contributed by atoms with van der Waals surface area (Å²) in [5.41, 5.74) is 0.955. The van der Waals surface area contributed by atoms with E-state index >= 15 is 0 Å². The van der Waals surface area contributed by atoms with Crippen LogP contribution in [0.25, 0.3) is 0 Å². The van der Waals surface area contributed by atoms with E-state index in [1.165, 1.54) is 15.6 Å². The van der Waals surface area contributed by atoms with Crippen molar-refractivity contribution in [2.45, 2.75) is 24.8 Å². The molecule has 3 rings (SSSR count). The first-order chi connectivity index (χ1) is 10.5. The highest BCUT2D eigenvalue weighted by Gasteiger charge is 2.25. The first-order valence-corrected chi connectivity index (χ1v) is 9.64. The van der Waals surface area contributed by atoms with Crippen molar-refractivity contribution in [2.24, 2.45) is 0 Å². The van der Waals surface area contributed by atoms with Gasteiger partial charge in [-0.2, -0.15) is 4.31 Å². The van der Waals surface area contributed by atoms with Gasteiger partial charge < -0.3 is 4.74 Å². The molecule has 0 amide bonds. The first-order valence-electron chi connectivity index (χ1n) is 7.01. The fourth-order valence-electron chi connectivity index (χ4n) is 2.45. The van der Waals surface area contributed by atoms with Gasteiger partial charge >= 0.3 is 0 Å². The number of hydrogen-bond acceptors (Lipinski definition) is 4. The fourth-order valence-corrected chi connectivity index (χ4v) is 5.11. The van der Waals surface area contributed by atoms with Gasteiger partial charge in [0.05, 0.1) is 15.8 Å². The standard InChI is InChI=1S/C15H16ClNO3S2/c1-2-17(10-12-3-6-15(16)21-12)22(18,19)13-4-5-14-11(9-13)7-8-20-14/h3-6,9H,2,7-8,10H2,1H3. The summed E-state index contributed by atoms with van der Waals surface area (Å²) < 4.78 is 33.2. The molecule has 1 aliphatic rings. The third-order valence-electron chi connectivity index (χ3n) is 3.61. The van der Waals surface area contributed by atoms with Crippen LogP contribution in [0, 0.1) is 0 Å². The largest absolute Gasteiger partial charge is 0.493 e. The monoisotopic (exact) mass is 357 g/mol. The summed E-state index contributed by atoms with van der Waals surface area (Å²) in [6, 6.07) is 8.73. The zero-order chi connectivity index (χ0) is 15.7. The Morgan fingerprint density at radius 2 is 2.14 bits per heavy atom. The maximum absolute atomic E-state index is 12.8. The van der Waals surface area contributed by atoms with Crippen molar-refractivity contribution in [1.29, 1.82) is 0 Å². The van der Waals surface area contributed by atoms with E-state index in [-0.39, 0.29) is 0 Å². The number of halogens is 1.